The molecule has 8 rings (SSSR count). The highest BCUT2D eigenvalue weighted by Crippen LogP contribution is 2.68. The van der Waals surface area contributed by atoms with Gasteiger partial charge in [-0.05, 0) is 85.2 Å². The molecule has 2 aliphatic heterocycles. The van der Waals surface area contributed by atoms with E-state index in [1.165, 1.54) is 40.5 Å². The van der Waals surface area contributed by atoms with Crippen LogP contribution in [0.1, 0.15) is 29.7 Å². The van der Waals surface area contributed by atoms with E-state index in [4.69, 9.17) is 9.47 Å². The minimum Gasteiger partial charge on any atom is -0.490 e. The summed E-state index contributed by atoms with van der Waals surface area (Å²) in [6.45, 7) is 2.03. The number of imide groups is 1. The van der Waals surface area contributed by atoms with Crippen LogP contribution in [0.25, 0.3) is 0 Å². The van der Waals surface area contributed by atoms with Crippen LogP contribution in [0.5, 0.6) is 11.5 Å². The first kappa shape index (κ1) is 29.9. The summed E-state index contributed by atoms with van der Waals surface area (Å²) in [6.07, 6.45) is 0.748. The third-order valence-electron chi connectivity index (χ3n) is 9.85. The van der Waals surface area contributed by atoms with Gasteiger partial charge < -0.3 is 19.8 Å². The fraction of sp³-hybridized carbons (Fsp3) is 0.314. The number of rotatable bonds is 8. The van der Waals surface area contributed by atoms with Gasteiger partial charge in [-0.25, -0.2) is 4.39 Å². The van der Waals surface area contributed by atoms with Crippen molar-refractivity contribution in [2.24, 2.45) is 29.6 Å². The normalized spacial score (nSPS) is 26.9. The number of aromatic nitrogens is 1. The van der Waals surface area contributed by atoms with Gasteiger partial charge in [0.15, 0.2) is 18.1 Å². The molecule has 3 fully saturated rings. The number of thioether (sulfide) groups is 1. The highest BCUT2D eigenvalue weighted by molar-refractivity contribution is 8.00. The maximum atomic E-state index is 13.9. The monoisotopic (exact) mass is 671 g/mol. The molecule has 0 unspecified atom stereocenters. The Morgan fingerprint density at radius 2 is 1.70 bits per heavy atom. The van der Waals surface area contributed by atoms with Crippen molar-refractivity contribution in [3.05, 3.63) is 98.7 Å². The average Bonchev–Trinajstić information content (AvgIpc) is 3.80. The molecule has 2 N–H and O–H groups in total. The lowest BCUT2D eigenvalue weighted by Gasteiger charge is -2.43. The highest BCUT2D eigenvalue weighted by atomic mass is 32.2. The third-order valence-corrected chi connectivity index (χ3v) is 12.4. The van der Waals surface area contributed by atoms with Gasteiger partial charge in [0.05, 0.1) is 29.2 Å². The molecule has 0 radical (unpaired) electrons. The van der Waals surface area contributed by atoms with Gasteiger partial charge in [0, 0.05) is 21.7 Å². The molecule has 1 aromatic heterocycles. The van der Waals surface area contributed by atoms with Crippen molar-refractivity contribution in [3.8, 4) is 11.5 Å². The number of carbonyl (C=O) groups excluding carboxylic acids is 3. The Hall–Kier alpha value is -4.42. The Bertz CT molecular complexity index is 1950. The Morgan fingerprint density at radius 3 is 2.45 bits per heavy atom. The number of para-hydroxylation sites is 1. The second kappa shape index (κ2) is 11.7. The number of nitrogens with one attached hydrogen (secondary N) is 2. The van der Waals surface area contributed by atoms with Crippen LogP contribution in [0.4, 0.5) is 15.8 Å². The molecule has 12 heteroatoms. The first-order valence-corrected chi connectivity index (χ1v) is 17.3. The Morgan fingerprint density at radius 1 is 0.957 bits per heavy atom. The summed E-state index contributed by atoms with van der Waals surface area (Å²) < 4.78 is 25.6. The van der Waals surface area contributed by atoms with Crippen molar-refractivity contribution in [2.75, 3.05) is 23.4 Å². The number of amides is 3. The number of benzene rings is 3. The Balaban J connectivity index is 1.11. The van der Waals surface area contributed by atoms with E-state index in [1.807, 2.05) is 37.3 Å². The van der Waals surface area contributed by atoms with Crippen molar-refractivity contribution in [3.63, 3.8) is 0 Å². The first-order chi connectivity index (χ1) is 22.8. The summed E-state index contributed by atoms with van der Waals surface area (Å²) in [5.74, 6) is -1.57. The van der Waals surface area contributed by atoms with Crippen molar-refractivity contribution in [1.29, 1.82) is 0 Å². The molecule has 47 heavy (non-hydrogen) atoms. The van der Waals surface area contributed by atoms with Crippen LogP contribution >= 0.6 is 23.1 Å². The van der Waals surface area contributed by atoms with E-state index in [0.717, 1.165) is 21.9 Å². The molecule has 0 spiro atoms. The quantitative estimate of drug-likeness (QED) is 0.232. The smallest absolute Gasteiger partial charge is 0.305 e. The van der Waals surface area contributed by atoms with Crippen molar-refractivity contribution >= 4 is 52.2 Å². The largest absolute Gasteiger partial charge is 0.490 e. The van der Waals surface area contributed by atoms with E-state index in [-0.39, 0.29) is 58.1 Å². The van der Waals surface area contributed by atoms with E-state index in [1.54, 1.807) is 30.0 Å². The van der Waals surface area contributed by atoms with Gasteiger partial charge in [-0.15, -0.1) is 11.8 Å². The molecule has 3 aromatic carbocycles. The van der Waals surface area contributed by atoms with Gasteiger partial charge in [0.2, 0.25) is 11.8 Å². The third kappa shape index (κ3) is 4.96. The summed E-state index contributed by atoms with van der Waals surface area (Å²) in [7, 11) is 0. The molecule has 1 saturated heterocycles. The topological polar surface area (TPSA) is 118 Å². The van der Waals surface area contributed by atoms with Gasteiger partial charge in [-0.3, -0.25) is 24.1 Å². The second-order valence-electron chi connectivity index (χ2n) is 12.3. The maximum Gasteiger partial charge on any atom is 0.305 e. The number of hydrogen-bond acceptors (Lipinski definition) is 8. The van der Waals surface area contributed by atoms with Crippen LogP contribution in [0.15, 0.2) is 82.6 Å². The van der Waals surface area contributed by atoms with Crippen LogP contribution in [-0.2, 0) is 14.4 Å². The van der Waals surface area contributed by atoms with Crippen molar-refractivity contribution < 1.29 is 28.2 Å². The van der Waals surface area contributed by atoms with Crippen LogP contribution in [0, 0.1) is 35.4 Å². The SMILES string of the molecule is CCOc1cc([C@@H]2c3sc(=O)[nH]c3S[C@@H]3[C@@H]4C[C@@H]([C@@H]5C(=O)N(c6ccc(F)cc6)C(=O)[C@@H]45)[C@H]23)ccc1OCC(=O)Nc1ccccc1. The minimum absolute atomic E-state index is 0.00647. The van der Waals surface area contributed by atoms with Gasteiger partial charge in [0.25, 0.3) is 5.91 Å². The molecule has 7 atom stereocenters. The van der Waals surface area contributed by atoms with E-state index in [2.05, 4.69) is 10.3 Å². The Labute approximate surface area is 277 Å². The number of anilines is 2. The molecular formula is C35H30FN3O6S2. The zero-order chi connectivity index (χ0) is 32.4. The van der Waals surface area contributed by atoms with Crippen LogP contribution in [0.2, 0.25) is 0 Å². The molecule has 9 nitrogen and oxygen atoms in total. The minimum atomic E-state index is -0.476. The molecule has 4 aliphatic rings. The molecule has 3 amide bonds. The summed E-state index contributed by atoms with van der Waals surface area (Å²) in [4.78, 5) is 58.1. The van der Waals surface area contributed by atoms with E-state index in [9.17, 15) is 23.6 Å². The number of aromatic amines is 1. The number of carbonyl (C=O) groups is 3. The number of nitrogens with zero attached hydrogens (tertiary/aromatic N) is 1. The summed E-state index contributed by atoms with van der Waals surface area (Å²) in [5.41, 5.74) is 1.97. The van der Waals surface area contributed by atoms with Crippen LogP contribution in [-0.4, -0.2) is 41.2 Å². The molecular weight excluding hydrogens is 642 g/mol. The fourth-order valence-corrected chi connectivity index (χ4v) is 11.1. The lowest BCUT2D eigenvalue weighted by atomic mass is 9.68. The molecule has 240 valence electrons. The molecule has 2 bridgehead atoms. The highest BCUT2D eigenvalue weighted by Gasteiger charge is 2.69. The predicted molar refractivity (Wildman–Crippen MR) is 176 cm³/mol. The Kier molecular flexibility index (Phi) is 7.44. The summed E-state index contributed by atoms with van der Waals surface area (Å²) in [5, 5.41) is 3.63. The van der Waals surface area contributed by atoms with Crippen LogP contribution in [0.3, 0.4) is 0 Å². The number of hydrogen-bond donors (Lipinski definition) is 2. The van der Waals surface area contributed by atoms with Gasteiger partial charge in [-0.1, -0.05) is 35.6 Å². The van der Waals surface area contributed by atoms with Crippen molar-refractivity contribution in [2.45, 2.75) is 29.5 Å². The van der Waals surface area contributed by atoms with E-state index >= 15 is 0 Å². The molecule has 2 saturated carbocycles. The number of fused-ring (bicyclic) bond motifs is 9. The average molecular weight is 672 g/mol. The number of halogens is 1. The van der Waals surface area contributed by atoms with Gasteiger partial charge in [0.1, 0.15) is 5.82 Å². The summed E-state index contributed by atoms with van der Waals surface area (Å²) in [6, 6.07) is 20.3. The van der Waals surface area contributed by atoms with E-state index in [0.29, 0.717) is 29.5 Å². The van der Waals surface area contributed by atoms with Crippen molar-refractivity contribution in [1.82, 2.24) is 4.98 Å². The lowest BCUT2D eigenvalue weighted by Crippen LogP contribution is -2.42. The second-order valence-corrected chi connectivity index (χ2v) is 14.5. The molecule has 4 aromatic rings. The zero-order valence-corrected chi connectivity index (χ0v) is 26.8. The molecule has 3 heterocycles. The lowest BCUT2D eigenvalue weighted by molar-refractivity contribution is -0.123. The fourth-order valence-electron chi connectivity index (χ4n) is 8.20. The number of H-pyrrole nitrogens is 1. The number of ether oxygens (including phenoxy) is 2. The number of thiazole rings is 1. The standard InChI is InChI=1S/C35H30FN3O6S2/c1-2-44-24-14-17(8-13-23(24)45-16-25(40)37-19-6-4-3-5-7-19)26-27-21-15-22(30(27)46-32-31(26)47-35(43)38-32)29-28(21)33(41)39(34(29)42)20-11-9-18(36)10-12-20/h3-14,21-22,26-30H,2,15-16H2,1H3,(H,37,40)(H,38,43)/t21-,22-,26+,27-,28+,29+,30-/m1/s1. The first-order valence-electron chi connectivity index (χ1n) is 15.6. The van der Waals surface area contributed by atoms with Crippen LogP contribution < -0.4 is 24.6 Å². The van der Waals surface area contributed by atoms with E-state index < -0.39 is 17.7 Å². The predicted octanol–water partition coefficient (Wildman–Crippen LogP) is 5.67. The summed E-state index contributed by atoms with van der Waals surface area (Å²) >= 11 is 2.79. The maximum absolute atomic E-state index is 13.9. The van der Waals surface area contributed by atoms with Gasteiger partial charge >= 0.3 is 4.87 Å². The van der Waals surface area contributed by atoms with Gasteiger partial charge in [-0.2, -0.15) is 0 Å². The molecule has 2 aliphatic carbocycles. The zero-order valence-electron chi connectivity index (χ0n) is 25.2.